The van der Waals surface area contributed by atoms with Gasteiger partial charge in [0.2, 0.25) is 0 Å². The number of aryl methyl sites for hydroxylation is 2. The molecular weight excluding hydrogens is 498 g/mol. The van der Waals surface area contributed by atoms with Crippen LogP contribution in [0.5, 0.6) is 5.75 Å². The number of rotatable bonds is 6. The Morgan fingerprint density at radius 1 is 1.14 bits per heavy atom. The number of carbonyl (C=O) groups is 2. The molecule has 0 saturated carbocycles. The average molecular weight is 520 g/mol. The molecule has 0 bridgehead atoms. The first-order valence-electron chi connectivity index (χ1n) is 11.3. The van der Waals surface area contributed by atoms with Crippen molar-refractivity contribution in [2.24, 2.45) is 0 Å². The van der Waals surface area contributed by atoms with Crippen molar-refractivity contribution in [3.8, 4) is 16.9 Å². The van der Waals surface area contributed by atoms with E-state index in [1.54, 1.807) is 12.1 Å². The zero-order valence-corrected chi connectivity index (χ0v) is 21.1. The van der Waals surface area contributed by atoms with Crippen molar-refractivity contribution < 1.29 is 14.3 Å². The molecule has 10 heteroatoms. The van der Waals surface area contributed by atoms with E-state index in [-0.39, 0.29) is 22.9 Å². The summed E-state index contributed by atoms with van der Waals surface area (Å²) in [5, 5.41) is 6.85. The number of ketones is 1. The maximum absolute atomic E-state index is 13.3. The molecule has 0 spiro atoms. The molecule has 1 aliphatic rings. The molecule has 8 nitrogen and oxygen atoms in total. The minimum absolute atomic E-state index is 0.0279. The maximum atomic E-state index is 13.3. The van der Waals surface area contributed by atoms with E-state index >= 15 is 0 Å². The summed E-state index contributed by atoms with van der Waals surface area (Å²) < 4.78 is 5.44. The van der Waals surface area contributed by atoms with Gasteiger partial charge in [-0.15, -0.1) is 0 Å². The normalized spacial score (nSPS) is 14.5. The number of amides is 1. The molecule has 1 unspecified atom stereocenters. The van der Waals surface area contributed by atoms with E-state index in [9.17, 15) is 9.59 Å². The number of aromatic nitrogens is 3. The summed E-state index contributed by atoms with van der Waals surface area (Å²) in [5.41, 5.74) is 3.00. The smallest absolute Gasteiger partial charge is 0.259 e. The van der Waals surface area contributed by atoms with Crippen LogP contribution in [-0.2, 0) is 6.42 Å². The van der Waals surface area contributed by atoms with E-state index < -0.39 is 0 Å². The van der Waals surface area contributed by atoms with Gasteiger partial charge in [-0.25, -0.2) is 9.97 Å². The number of halogens is 1. The number of benzene rings is 1. The number of hydrogen-bond donors (Lipinski definition) is 2. The molecule has 3 aromatic heterocycles. The van der Waals surface area contributed by atoms with Crippen LogP contribution in [0.3, 0.4) is 0 Å². The summed E-state index contributed by atoms with van der Waals surface area (Å²) in [4.78, 5) is 40.1. The fraction of sp³-hybridized carbons (Fsp3) is 0.192. The van der Waals surface area contributed by atoms with Gasteiger partial charge in [0.15, 0.2) is 10.9 Å². The lowest BCUT2D eigenvalue weighted by molar-refractivity contribution is 0.0963. The summed E-state index contributed by atoms with van der Waals surface area (Å²) in [6.45, 7) is 1.84. The van der Waals surface area contributed by atoms with Crippen LogP contribution in [0.25, 0.3) is 11.1 Å². The Balaban J connectivity index is 1.39. The highest BCUT2D eigenvalue weighted by Crippen LogP contribution is 2.36. The number of Topliss-reactive ketones (excluding diaryl/α,β-unsaturated/α-hetero) is 1. The van der Waals surface area contributed by atoms with E-state index in [4.69, 9.17) is 16.3 Å². The Kier molecular flexibility index (Phi) is 6.67. The molecule has 0 radical (unpaired) electrons. The van der Waals surface area contributed by atoms with Crippen LogP contribution in [0.1, 0.15) is 37.7 Å². The van der Waals surface area contributed by atoms with Crippen molar-refractivity contribution in [2.75, 3.05) is 17.7 Å². The van der Waals surface area contributed by atoms with Crippen molar-refractivity contribution in [3.05, 3.63) is 81.7 Å². The molecule has 0 saturated heterocycles. The van der Waals surface area contributed by atoms with Crippen LogP contribution < -0.4 is 15.4 Å². The number of thiazole rings is 1. The number of pyridine rings is 2. The number of anilines is 2. The average Bonchev–Trinajstić information content (AvgIpc) is 3.30. The Labute approximate surface area is 216 Å². The van der Waals surface area contributed by atoms with Gasteiger partial charge in [0.1, 0.15) is 16.7 Å². The van der Waals surface area contributed by atoms with Crippen molar-refractivity contribution >= 4 is 45.6 Å². The minimum atomic E-state index is -0.365. The van der Waals surface area contributed by atoms with Crippen LogP contribution in [0, 0.1) is 6.92 Å². The zero-order valence-electron chi connectivity index (χ0n) is 19.5. The number of carbonyl (C=O) groups excluding carboxylic acids is 2. The van der Waals surface area contributed by atoms with Gasteiger partial charge in [-0.3, -0.25) is 19.9 Å². The molecule has 1 aromatic carbocycles. The number of nitrogens with zero attached hydrogens (tertiary/aromatic N) is 3. The van der Waals surface area contributed by atoms with Crippen molar-refractivity contribution in [3.63, 3.8) is 0 Å². The Hall–Kier alpha value is -3.82. The third-order valence-corrected chi connectivity index (χ3v) is 7.13. The third kappa shape index (κ3) is 4.80. The highest BCUT2D eigenvalue weighted by molar-refractivity contribution is 7.16. The summed E-state index contributed by atoms with van der Waals surface area (Å²) in [6.07, 6.45) is 4.39. The predicted molar refractivity (Wildman–Crippen MR) is 140 cm³/mol. The fourth-order valence-electron chi connectivity index (χ4n) is 4.12. The second-order valence-corrected chi connectivity index (χ2v) is 9.76. The van der Waals surface area contributed by atoms with Gasteiger partial charge in [-0.05, 0) is 31.9 Å². The fourth-order valence-corrected chi connectivity index (χ4v) is 5.21. The molecule has 5 rings (SSSR count). The molecule has 1 amide bonds. The second-order valence-electron chi connectivity index (χ2n) is 8.29. The molecule has 1 aliphatic heterocycles. The SMILES string of the molecule is COc1cnc(Cl)cc1-c1cc(C)ncc1C(=O)Nc1nc2c(s1)CCC(C(=O)c1ccccc1)N2. The number of ether oxygens (including phenoxy) is 1. The first-order chi connectivity index (χ1) is 17.4. The lowest BCUT2D eigenvalue weighted by atomic mass is 9.97. The molecule has 182 valence electrons. The van der Waals surface area contributed by atoms with Gasteiger partial charge < -0.3 is 10.1 Å². The van der Waals surface area contributed by atoms with E-state index in [2.05, 4.69) is 25.6 Å². The van der Waals surface area contributed by atoms with Crippen molar-refractivity contribution in [1.82, 2.24) is 15.0 Å². The van der Waals surface area contributed by atoms with Gasteiger partial charge in [-0.1, -0.05) is 53.3 Å². The van der Waals surface area contributed by atoms with Crippen LogP contribution in [0.2, 0.25) is 5.15 Å². The summed E-state index contributed by atoms with van der Waals surface area (Å²) in [6, 6.07) is 12.3. The largest absolute Gasteiger partial charge is 0.494 e. The van der Waals surface area contributed by atoms with Gasteiger partial charge in [0.25, 0.3) is 5.91 Å². The standard InChI is InChI=1S/C26H22ClN5O3S/c1-14-10-16(17-11-22(27)29-13-20(17)35-2)18(12-28-14)25(34)32-26-31-24-21(36-26)9-8-19(30-24)23(33)15-6-4-3-5-7-15/h3-7,10-13,19,30H,8-9H2,1-2H3,(H,31,32,34). The van der Waals surface area contributed by atoms with Crippen molar-refractivity contribution in [1.29, 1.82) is 0 Å². The van der Waals surface area contributed by atoms with Crippen LogP contribution in [-0.4, -0.2) is 39.8 Å². The number of fused-ring (bicyclic) bond motifs is 1. The molecular formula is C26H22ClN5O3S. The molecule has 0 aliphatic carbocycles. The monoisotopic (exact) mass is 519 g/mol. The lowest BCUT2D eigenvalue weighted by Crippen LogP contribution is -2.33. The molecule has 0 fully saturated rings. The van der Waals surface area contributed by atoms with Crippen LogP contribution in [0.15, 0.2) is 54.9 Å². The molecule has 2 N–H and O–H groups in total. The Morgan fingerprint density at radius 2 is 1.94 bits per heavy atom. The van der Waals surface area contributed by atoms with Crippen molar-refractivity contribution in [2.45, 2.75) is 25.8 Å². The van der Waals surface area contributed by atoms with E-state index in [0.29, 0.717) is 51.8 Å². The third-order valence-electron chi connectivity index (χ3n) is 5.89. The predicted octanol–water partition coefficient (Wildman–Crippen LogP) is 5.43. The van der Waals surface area contributed by atoms with E-state index in [1.807, 2.05) is 37.3 Å². The van der Waals surface area contributed by atoms with Gasteiger partial charge in [0, 0.05) is 28.6 Å². The second kappa shape index (κ2) is 10.0. The summed E-state index contributed by atoms with van der Waals surface area (Å²) in [7, 11) is 1.53. The minimum Gasteiger partial charge on any atom is -0.494 e. The van der Waals surface area contributed by atoms with E-state index in [0.717, 1.165) is 10.6 Å². The first-order valence-corrected chi connectivity index (χ1v) is 12.5. The van der Waals surface area contributed by atoms with Gasteiger partial charge in [0.05, 0.1) is 29.8 Å². The number of methoxy groups -OCH3 is 1. The summed E-state index contributed by atoms with van der Waals surface area (Å²) in [5.74, 6) is 0.776. The molecule has 1 atom stereocenters. The number of hydrogen-bond acceptors (Lipinski definition) is 8. The highest BCUT2D eigenvalue weighted by Gasteiger charge is 2.28. The van der Waals surface area contributed by atoms with E-state index in [1.165, 1.54) is 30.8 Å². The zero-order chi connectivity index (χ0) is 25.2. The quantitative estimate of drug-likeness (QED) is 0.258. The van der Waals surface area contributed by atoms with Crippen LogP contribution in [0.4, 0.5) is 10.9 Å². The van der Waals surface area contributed by atoms with Gasteiger partial charge >= 0.3 is 0 Å². The highest BCUT2D eigenvalue weighted by atomic mass is 35.5. The molecule has 4 heterocycles. The van der Waals surface area contributed by atoms with Gasteiger partial charge in [-0.2, -0.15) is 0 Å². The maximum Gasteiger partial charge on any atom is 0.259 e. The molecule has 36 heavy (non-hydrogen) atoms. The topological polar surface area (TPSA) is 106 Å². The Bertz CT molecular complexity index is 1460. The van der Waals surface area contributed by atoms with Crippen LogP contribution >= 0.6 is 22.9 Å². The number of nitrogens with one attached hydrogen (secondary N) is 2. The molecule has 4 aromatic rings. The summed E-state index contributed by atoms with van der Waals surface area (Å²) >= 11 is 7.52. The lowest BCUT2D eigenvalue weighted by Gasteiger charge is -2.22. The Morgan fingerprint density at radius 3 is 2.72 bits per heavy atom. The first kappa shape index (κ1) is 23.9.